The summed E-state index contributed by atoms with van der Waals surface area (Å²) in [5, 5.41) is 3.64. The maximum absolute atomic E-state index is 6.18. The summed E-state index contributed by atoms with van der Waals surface area (Å²) < 4.78 is 18.0. The number of piperidine rings is 1. The number of nitrogens with one attached hydrogen (secondary N) is 1. The molecule has 0 spiro atoms. The second kappa shape index (κ2) is 6.45. The second-order valence-corrected chi connectivity index (χ2v) is 8.21. The zero-order valence-corrected chi connectivity index (χ0v) is 15.8. The smallest absolute Gasteiger partial charge is 0.399 e. The molecule has 2 aliphatic heterocycles. The maximum atomic E-state index is 6.18. The van der Waals surface area contributed by atoms with Crippen LogP contribution in [-0.4, -0.2) is 38.1 Å². The van der Waals surface area contributed by atoms with E-state index in [-0.39, 0.29) is 18.3 Å². The van der Waals surface area contributed by atoms with Gasteiger partial charge in [0, 0.05) is 19.7 Å². The molecule has 1 aromatic carbocycles. The Balaban J connectivity index is 1.78. The normalized spacial score (nSPS) is 32.1. The topological polar surface area (TPSA) is 39.7 Å². The molecular weight excluding hydrogens is 301 g/mol. The Kier molecular flexibility index (Phi) is 4.82. The lowest BCUT2D eigenvalue weighted by Gasteiger charge is -2.34. The van der Waals surface area contributed by atoms with Crippen LogP contribution in [-0.2, 0) is 14.0 Å². The zero-order valence-electron chi connectivity index (χ0n) is 15.8. The van der Waals surface area contributed by atoms with Crippen LogP contribution in [0.15, 0.2) is 24.3 Å². The molecule has 0 aromatic heterocycles. The van der Waals surface area contributed by atoms with Gasteiger partial charge in [0.1, 0.15) is 0 Å². The van der Waals surface area contributed by atoms with E-state index >= 15 is 0 Å². The summed E-state index contributed by atoms with van der Waals surface area (Å²) in [5.41, 5.74) is 1.73. The lowest BCUT2D eigenvalue weighted by molar-refractivity contribution is 0.00578. The largest absolute Gasteiger partial charge is 0.494 e. The van der Waals surface area contributed by atoms with Gasteiger partial charge in [0.15, 0.2) is 0 Å². The van der Waals surface area contributed by atoms with E-state index in [0.717, 1.165) is 18.4 Å². The number of ether oxygens (including phenoxy) is 1. The van der Waals surface area contributed by atoms with E-state index in [0.29, 0.717) is 18.1 Å². The van der Waals surface area contributed by atoms with Crippen molar-refractivity contribution < 1.29 is 14.0 Å². The van der Waals surface area contributed by atoms with Crippen molar-refractivity contribution in [1.29, 1.82) is 0 Å². The molecule has 4 nitrogen and oxygen atoms in total. The van der Waals surface area contributed by atoms with Crippen LogP contribution in [0.2, 0.25) is 0 Å². The van der Waals surface area contributed by atoms with E-state index < -0.39 is 0 Å². The summed E-state index contributed by atoms with van der Waals surface area (Å²) in [4.78, 5) is 0. The summed E-state index contributed by atoms with van der Waals surface area (Å²) in [6.45, 7) is 11.6. The van der Waals surface area contributed by atoms with Gasteiger partial charge in [0.05, 0.1) is 17.3 Å². The Morgan fingerprint density at radius 2 is 1.83 bits per heavy atom. The number of rotatable bonds is 3. The Labute approximate surface area is 146 Å². The Morgan fingerprint density at radius 3 is 2.46 bits per heavy atom. The molecule has 3 atom stereocenters. The highest BCUT2D eigenvalue weighted by Crippen LogP contribution is 2.36. The van der Waals surface area contributed by atoms with E-state index in [9.17, 15) is 0 Å². The molecule has 5 heteroatoms. The molecule has 2 fully saturated rings. The van der Waals surface area contributed by atoms with Crippen LogP contribution in [0.1, 0.15) is 52.6 Å². The molecule has 24 heavy (non-hydrogen) atoms. The molecule has 0 aliphatic carbocycles. The van der Waals surface area contributed by atoms with E-state index in [4.69, 9.17) is 14.0 Å². The first-order chi connectivity index (χ1) is 11.2. The molecule has 2 aliphatic rings. The summed E-state index contributed by atoms with van der Waals surface area (Å²) in [5.74, 6) is 0.539. The minimum absolute atomic E-state index is 0.303. The van der Waals surface area contributed by atoms with Gasteiger partial charge in [-0.25, -0.2) is 0 Å². The summed E-state index contributed by atoms with van der Waals surface area (Å²) in [6.07, 6.45) is 1.29. The van der Waals surface area contributed by atoms with E-state index in [1.165, 1.54) is 5.56 Å². The van der Waals surface area contributed by atoms with Crippen LogP contribution in [0, 0.1) is 5.92 Å². The van der Waals surface area contributed by atoms with Gasteiger partial charge in [-0.3, -0.25) is 0 Å². The van der Waals surface area contributed by atoms with Crippen molar-refractivity contribution in [3.8, 4) is 0 Å². The van der Waals surface area contributed by atoms with Gasteiger partial charge >= 0.3 is 7.12 Å². The average molecular weight is 331 g/mol. The quantitative estimate of drug-likeness (QED) is 0.865. The van der Waals surface area contributed by atoms with Crippen LogP contribution in [0.25, 0.3) is 0 Å². The molecule has 1 aromatic rings. The molecule has 0 amide bonds. The van der Waals surface area contributed by atoms with Crippen molar-refractivity contribution in [3.63, 3.8) is 0 Å². The van der Waals surface area contributed by atoms with E-state index in [1.54, 1.807) is 0 Å². The van der Waals surface area contributed by atoms with Gasteiger partial charge in [-0.2, -0.15) is 0 Å². The molecule has 132 valence electrons. The lowest BCUT2D eigenvalue weighted by Crippen LogP contribution is -2.42. The van der Waals surface area contributed by atoms with Gasteiger partial charge in [-0.1, -0.05) is 31.2 Å². The van der Waals surface area contributed by atoms with Crippen LogP contribution >= 0.6 is 0 Å². The zero-order chi connectivity index (χ0) is 17.5. The third-order valence-electron chi connectivity index (χ3n) is 5.93. The van der Waals surface area contributed by atoms with Crippen molar-refractivity contribution >= 4 is 12.6 Å². The van der Waals surface area contributed by atoms with E-state index in [2.05, 4.69) is 64.2 Å². The number of methoxy groups -OCH3 is 1. The lowest BCUT2D eigenvalue weighted by atomic mass is 9.77. The van der Waals surface area contributed by atoms with Gasteiger partial charge in [0.2, 0.25) is 0 Å². The highest BCUT2D eigenvalue weighted by Gasteiger charge is 2.51. The first-order valence-corrected chi connectivity index (χ1v) is 8.95. The van der Waals surface area contributed by atoms with Crippen molar-refractivity contribution in [2.45, 2.75) is 64.4 Å². The fourth-order valence-electron chi connectivity index (χ4n) is 3.49. The molecule has 1 unspecified atom stereocenters. The summed E-state index contributed by atoms with van der Waals surface area (Å²) >= 11 is 0. The van der Waals surface area contributed by atoms with Crippen molar-refractivity contribution in [2.75, 3.05) is 13.7 Å². The third-order valence-corrected chi connectivity index (χ3v) is 5.93. The molecule has 2 heterocycles. The maximum Gasteiger partial charge on any atom is 0.494 e. The monoisotopic (exact) mass is 331 g/mol. The SMILES string of the molecule is COC1C[C@H](c2cccc(B3OC(C)(C)C(C)(C)O3)c2)NC[C@H]1C. The van der Waals surface area contributed by atoms with Gasteiger partial charge < -0.3 is 19.4 Å². The van der Waals surface area contributed by atoms with Gasteiger partial charge in [0.25, 0.3) is 0 Å². The Bertz CT molecular complexity index is 574. The first-order valence-electron chi connectivity index (χ1n) is 8.95. The fourth-order valence-corrected chi connectivity index (χ4v) is 3.49. The first kappa shape index (κ1) is 17.9. The molecular formula is C19H30BNO3. The van der Waals surface area contributed by atoms with Gasteiger partial charge in [-0.15, -0.1) is 0 Å². The van der Waals surface area contributed by atoms with Gasteiger partial charge in [-0.05, 0) is 51.1 Å². The van der Waals surface area contributed by atoms with Crippen LogP contribution in [0.4, 0.5) is 0 Å². The van der Waals surface area contributed by atoms with E-state index in [1.807, 2.05) is 7.11 Å². The number of hydrogen-bond donors (Lipinski definition) is 1. The number of hydrogen-bond acceptors (Lipinski definition) is 4. The fraction of sp³-hybridized carbons (Fsp3) is 0.684. The molecule has 0 bridgehead atoms. The van der Waals surface area contributed by atoms with Crippen LogP contribution < -0.4 is 10.8 Å². The van der Waals surface area contributed by atoms with Crippen molar-refractivity contribution in [1.82, 2.24) is 5.32 Å². The number of benzene rings is 1. The molecule has 1 N–H and O–H groups in total. The highest BCUT2D eigenvalue weighted by molar-refractivity contribution is 6.62. The van der Waals surface area contributed by atoms with Crippen molar-refractivity contribution in [3.05, 3.63) is 29.8 Å². The molecule has 0 radical (unpaired) electrons. The predicted octanol–water partition coefficient (Wildman–Crippen LogP) is 2.67. The average Bonchev–Trinajstić information content (AvgIpc) is 2.76. The summed E-state index contributed by atoms with van der Waals surface area (Å²) in [7, 11) is 1.50. The Hall–Kier alpha value is -0.875. The third kappa shape index (κ3) is 3.27. The van der Waals surface area contributed by atoms with Crippen LogP contribution in [0.3, 0.4) is 0 Å². The molecule has 0 saturated carbocycles. The summed E-state index contributed by atoms with van der Waals surface area (Å²) in [6, 6.07) is 8.88. The van der Waals surface area contributed by atoms with Crippen molar-refractivity contribution in [2.24, 2.45) is 5.92 Å². The second-order valence-electron chi connectivity index (χ2n) is 8.21. The molecule has 2 saturated heterocycles. The minimum Gasteiger partial charge on any atom is -0.399 e. The predicted molar refractivity (Wildman–Crippen MR) is 97.5 cm³/mol. The minimum atomic E-state index is -0.312. The van der Waals surface area contributed by atoms with Crippen LogP contribution in [0.5, 0.6) is 0 Å². The molecule has 3 rings (SSSR count). The highest BCUT2D eigenvalue weighted by atomic mass is 16.7. The Morgan fingerprint density at radius 1 is 1.17 bits per heavy atom. The standard InChI is InChI=1S/C19H30BNO3/c1-13-12-21-16(11-17(13)22-6)14-8-7-9-15(10-14)20-23-18(2,3)19(4,5)24-20/h7-10,13,16-17,21H,11-12H2,1-6H3/t13-,16-,17?/m1/s1.